The van der Waals surface area contributed by atoms with Crippen LogP contribution in [0.1, 0.15) is 11.1 Å². The van der Waals surface area contributed by atoms with Crippen molar-refractivity contribution in [2.75, 3.05) is 11.5 Å². The third-order valence-electron chi connectivity index (χ3n) is 4.46. The Balaban J connectivity index is 1.85. The molecular weight excluding hydrogens is 358 g/mol. The van der Waals surface area contributed by atoms with E-state index >= 15 is 0 Å². The van der Waals surface area contributed by atoms with Crippen LogP contribution in [0.25, 0.3) is 0 Å². The minimum absolute atomic E-state index is 0.157. The molecule has 134 valence electrons. The number of rotatable bonds is 5. The van der Waals surface area contributed by atoms with Gasteiger partial charge in [0.2, 0.25) is 0 Å². The van der Waals surface area contributed by atoms with Crippen LogP contribution in [0.5, 0.6) is 0 Å². The van der Waals surface area contributed by atoms with E-state index in [9.17, 15) is 16.8 Å². The van der Waals surface area contributed by atoms with Gasteiger partial charge in [-0.1, -0.05) is 48.0 Å². The minimum atomic E-state index is -3.72. The van der Waals surface area contributed by atoms with Crippen molar-refractivity contribution in [2.45, 2.75) is 29.7 Å². The lowest BCUT2D eigenvalue weighted by atomic mass is 10.2. The lowest BCUT2D eigenvalue weighted by Gasteiger charge is -2.20. The van der Waals surface area contributed by atoms with Crippen LogP contribution in [-0.2, 0) is 26.2 Å². The first kappa shape index (κ1) is 18.1. The highest BCUT2D eigenvalue weighted by Crippen LogP contribution is 2.26. The average molecular weight is 380 g/mol. The van der Waals surface area contributed by atoms with E-state index in [1.165, 1.54) is 0 Å². The molecule has 25 heavy (non-hydrogen) atoms. The summed E-state index contributed by atoms with van der Waals surface area (Å²) in [6.45, 7) is 2.31. The van der Waals surface area contributed by atoms with E-state index in [1.807, 2.05) is 37.3 Å². The molecule has 2 aromatic carbocycles. The summed E-state index contributed by atoms with van der Waals surface area (Å²) in [5.41, 5.74) is 1.94. The third-order valence-corrected chi connectivity index (χ3v) is 8.63. The molecule has 2 atom stereocenters. The Labute approximate surface area is 148 Å². The van der Waals surface area contributed by atoms with E-state index < -0.39 is 31.0 Å². The standard InChI is InChI=1S/C18H21NO4S2/c1-14-7-9-16(10-8-14)25(22,23)18-13-24(20,21)12-17(18)19-11-15-5-3-2-4-6-15/h2-10,17-19H,11-13H2,1H3/t17-,18-/m0/s1. The number of sulfone groups is 2. The van der Waals surface area contributed by atoms with Crippen LogP contribution < -0.4 is 5.32 Å². The lowest BCUT2D eigenvalue weighted by Crippen LogP contribution is -2.43. The highest BCUT2D eigenvalue weighted by Gasteiger charge is 2.45. The summed E-state index contributed by atoms with van der Waals surface area (Å²) in [6, 6.07) is 15.4. The van der Waals surface area contributed by atoms with Gasteiger partial charge >= 0.3 is 0 Å². The molecule has 1 heterocycles. The minimum Gasteiger partial charge on any atom is -0.308 e. The van der Waals surface area contributed by atoms with E-state index in [4.69, 9.17) is 0 Å². The molecule has 7 heteroatoms. The van der Waals surface area contributed by atoms with E-state index in [1.54, 1.807) is 24.3 Å². The molecule has 1 aliphatic heterocycles. The fourth-order valence-electron chi connectivity index (χ4n) is 3.06. The molecule has 3 rings (SSSR count). The van der Waals surface area contributed by atoms with Crippen LogP contribution >= 0.6 is 0 Å². The molecule has 1 N–H and O–H groups in total. The Morgan fingerprint density at radius 3 is 2.28 bits per heavy atom. The van der Waals surface area contributed by atoms with Gasteiger partial charge in [0.05, 0.1) is 21.7 Å². The molecular formula is C18H21NO4S2. The van der Waals surface area contributed by atoms with Crippen molar-refractivity contribution in [1.82, 2.24) is 5.32 Å². The van der Waals surface area contributed by atoms with Crippen molar-refractivity contribution in [3.63, 3.8) is 0 Å². The fourth-order valence-corrected chi connectivity index (χ4v) is 7.78. The van der Waals surface area contributed by atoms with Crippen LogP contribution in [-0.4, -0.2) is 39.6 Å². The molecule has 5 nitrogen and oxygen atoms in total. The van der Waals surface area contributed by atoms with Crippen LogP contribution in [0.3, 0.4) is 0 Å². The number of hydrogen-bond donors (Lipinski definition) is 1. The Hall–Kier alpha value is -1.70. The van der Waals surface area contributed by atoms with Crippen molar-refractivity contribution in [1.29, 1.82) is 0 Å². The first-order chi connectivity index (χ1) is 11.8. The Morgan fingerprint density at radius 1 is 1.00 bits per heavy atom. The van der Waals surface area contributed by atoms with Gasteiger partial charge in [-0.05, 0) is 24.6 Å². The van der Waals surface area contributed by atoms with E-state index in [-0.39, 0.29) is 16.4 Å². The van der Waals surface area contributed by atoms with Gasteiger partial charge < -0.3 is 5.32 Å². The number of nitrogens with one attached hydrogen (secondary N) is 1. The molecule has 1 aliphatic rings. The quantitative estimate of drug-likeness (QED) is 0.856. The van der Waals surface area contributed by atoms with Gasteiger partial charge in [0.25, 0.3) is 0 Å². The Morgan fingerprint density at radius 2 is 1.64 bits per heavy atom. The summed E-state index contributed by atoms with van der Waals surface area (Å²) in [6.07, 6.45) is 0. The predicted octanol–water partition coefficient (Wildman–Crippen LogP) is 1.72. The number of aryl methyl sites for hydroxylation is 1. The van der Waals surface area contributed by atoms with Gasteiger partial charge in [0.1, 0.15) is 0 Å². The van der Waals surface area contributed by atoms with Crippen LogP contribution in [0.15, 0.2) is 59.5 Å². The van der Waals surface area contributed by atoms with Gasteiger partial charge in [-0.15, -0.1) is 0 Å². The zero-order valence-electron chi connectivity index (χ0n) is 13.9. The second-order valence-electron chi connectivity index (χ2n) is 6.45. The van der Waals surface area contributed by atoms with Gasteiger partial charge in [-0.25, -0.2) is 16.8 Å². The third kappa shape index (κ3) is 4.11. The van der Waals surface area contributed by atoms with Crippen molar-refractivity contribution >= 4 is 19.7 Å². The molecule has 0 spiro atoms. The topological polar surface area (TPSA) is 80.3 Å². The smallest absolute Gasteiger partial charge is 0.183 e. The molecule has 0 saturated carbocycles. The molecule has 2 aromatic rings. The second-order valence-corrected chi connectivity index (χ2v) is 10.8. The van der Waals surface area contributed by atoms with Gasteiger partial charge in [-0.3, -0.25) is 0 Å². The maximum Gasteiger partial charge on any atom is 0.183 e. The molecule has 0 bridgehead atoms. The summed E-state index contributed by atoms with van der Waals surface area (Å²) >= 11 is 0. The number of hydrogen-bond acceptors (Lipinski definition) is 5. The molecule has 1 saturated heterocycles. The van der Waals surface area contributed by atoms with E-state index in [2.05, 4.69) is 5.32 Å². The summed E-state index contributed by atoms with van der Waals surface area (Å²) in [4.78, 5) is 0.173. The summed E-state index contributed by atoms with van der Waals surface area (Å²) < 4.78 is 50.1. The van der Waals surface area contributed by atoms with Gasteiger partial charge in [-0.2, -0.15) is 0 Å². The summed E-state index contributed by atoms with van der Waals surface area (Å²) in [7, 11) is -7.11. The van der Waals surface area contributed by atoms with Gasteiger partial charge in [0, 0.05) is 12.6 Å². The van der Waals surface area contributed by atoms with Crippen molar-refractivity contribution in [2.24, 2.45) is 0 Å². The van der Waals surface area contributed by atoms with Crippen molar-refractivity contribution in [3.05, 3.63) is 65.7 Å². The number of benzene rings is 2. The molecule has 0 unspecified atom stereocenters. The normalized spacial score (nSPS) is 22.8. The second kappa shape index (κ2) is 6.90. The van der Waals surface area contributed by atoms with Crippen molar-refractivity contribution < 1.29 is 16.8 Å². The SMILES string of the molecule is Cc1ccc(S(=O)(=O)[C@H]2CS(=O)(=O)C[C@@H]2NCc2ccccc2)cc1. The Kier molecular flexibility index (Phi) is 4.99. The molecule has 0 radical (unpaired) electrons. The largest absolute Gasteiger partial charge is 0.308 e. The summed E-state index contributed by atoms with van der Waals surface area (Å²) in [5.74, 6) is -0.495. The molecule has 1 fully saturated rings. The summed E-state index contributed by atoms with van der Waals surface area (Å²) in [5, 5.41) is 2.16. The first-order valence-electron chi connectivity index (χ1n) is 8.06. The lowest BCUT2D eigenvalue weighted by molar-refractivity contribution is 0.526. The van der Waals surface area contributed by atoms with Crippen LogP contribution in [0.2, 0.25) is 0 Å². The molecule has 0 amide bonds. The zero-order chi connectivity index (χ0) is 18.1. The Bertz CT molecular complexity index is 936. The fraction of sp³-hybridized carbons (Fsp3) is 0.333. The van der Waals surface area contributed by atoms with E-state index in [0.29, 0.717) is 6.54 Å². The average Bonchev–Trinajstić information content (AvgIpc) is 2.90. The molecule has 0 aromatic heterocycles. The van der Waals surface area contributed by atoms with E-state index in [0.717, 1.165) is 11.1 Å². The van der Waals surface area contributed by atoms with Crippen molar-refractivity contribution in [3.8, 4) is 0 Å². The van der Waals surface area contributed by atoms with Crippen LogP contribution in [0.4, 0.5) is 0 Å². The monoisotopic (exact) mass is 379 g/mol. The maximum atomic E-state index is 13.0. The zero-order valence-corrected chi connectivity index (χ0v) is 15.6. The predicted molar refractivity (Wildman–Crippen MR) is 97.9 cm³/mol. The maximum absolute atomic E-state index is 13.0. The highest BCUT2D eigenvalue weighted by molar-refractivity contribution is 7.96. The van der Waals surface area contributed by atoms with Crippen LogP contribution in [0, 0.1) is 6.92 Å². The van der Waals surface area contributed by atoms with Gasteiger partial charge in [0.15, 0.2) is 19.7 Å². The highest BCUT2D eigenvalue weighted by atomic mass is 32.2. The first-order valence-corrected chi connectivity index (χ1v) is 11.4. The molecule has 0 aliphatic carbocycles.